The van der Waals surface area contributed by atoms with Crippen molar-refractivity contribution in [1.82, 2.24) is 0 Å². The second-order valence-electron chi connectivity index (χ2n) is 13.6. The molecule has 4 nitrogen and oxygen atoms in total. The molecule has 0 saturated heterocycles. The lowest BCUT2D eigenvalue weighted by atomic mass is 9.63. The molecular formula is C42H86O4. The fraction of sp³-hybridized carbons (Fsp3) is 0.905. The van der Waals surface area contributed by atoms with Crippen LogP contribution in [-0.2, 0) is 19.2 Å². The van der Waals surface area contributed by atoms with Gasteiger partial charge in [0.2, 0.25) is 0 Å². The Labute approximate surface area is 290 Å². The molecule has 0 aliphatic carbocycles. The number of carbonyl (C=O) groups is 4. The Morgan fingerprint density at radius 2 is 0.587 bits per heavy atom. The Kier molecular flexibility index (Phi) is 51.4. The summed E-state index contributed by atoms with van der Waals surface area (Å²) in [5.41, 5.74) is -0.704. The third-order valence-electron chi connectivity index (χ3n) is 7.94. The van der Waals surface area contributed by atoms with Crippen molar-refractivity contribution in [3.8, 4) is 0 Å². The minimum Gasteiger partial charge on any atom is -0.300 e. The van der Waals surface area contributed by atoms with Crippen LogP contribution in [0.15, 0.2) is 0 Å². The van der Waals surface area contributed by atoms with Crippen molar-refractivity contribution < 1.29 is 19.2 Å². The largest absolute Gasteiger partial charge is 0.300 e. The zero-order valence-corrected chi connectivity index (χ0v) is 34.0. The number of Topliss-reactive ketones (excluding diaryl/α,β-unsaturated/α-hetero) is 4. The van der Waals surface area contributed by atoms with Crippen molar-refractivity contribution in [2.75, 3.05) is 0 Å². The van der Waals surface area contributed by atoms with E-state index >= 15 is 0 Å². The third-order valence-corrected chi connectivity index (χ3v) is 7.94. The van der Waals surface area contributed by atoms with Crippen LogP contribution in [0.4, 0.5) is 0 Å². The topological polar surface area (TPSA) is 68.3 Å². The van der Waals surface area contributed by atoms with E-state index in [9.17, 15) is 19.2 Å². The van der Waals surface area contributed by atoms with Crippen LogP contribution in [0.5, 0.6) is 0 Å². The number of unbranched alkanes of at least 4 members (excludes halogenated alkanes) is 13. The predicted molar refractivity (Wildman–Crippen MR) is 206 cm³/mol. The highest BCUT2D eigenvalue weighted by atomic mass is 16.1. The van der Waals surface area contributed by atoms with Crippen LogP contribution in [-0.4, -0.2) is 23.1 Å². The first-order valence-corrected chi connectivity index (χ1v) is 19.8. The van der Waals surface area contributed by atoms with Crippen LogP contribution in [0.25, 0.3) is 0 Å². The molecule has 46 heavy (non-hydrogen) atoms. The second kappa shape index (κ2) is 43.7. The van der Waals surface area contributed by atoms with Crippen LogP contribution in [0, 0.1) is 11.3 Å². The Morgan fingerprint density at radius 3 is 0.739 bits per heavy atom. The van der Waals surface area contributed by atoms with Gasteiger partial charge in [0.1, 0.15) is 23.1 Å². The maximum atomic E-state index is 11.8. The summed E-state index contributed by atoms with van der Waals surface area (Å²) in [6.45, 7) is 25.9. The van der Waals surface area contributed by atoms with Gasteiger partial charge in [-0.2, -0.15) is 0 Å². The standard InChI is InChI=1S/C18H30O4.4C6H14/c1-6-7-8-17(9-13(2)19)18(10-14(3)20,11-15(4)21)12-16(5)22;4*1-3-5-6-4-2/h17H,6-12H2,1-5H3;4*3-6H2,1-2H3. The summed E-state index contributed by atoms with van der Waals surface area (Å²) in [4.78, 5) is 47.0. The molecule has 0 bridgehead atoms. The lowest BCUT2D eigenvalue weighted by molar-refractivity contribution is -0.131. The molecular weight excluding hydrogens is 568 g/mol. The SMILES string of the molecule is CCCCC(CC(C)=O)C(CC(C)=O)(CC(C)=O)CC(C)=O.CCCCCC.CCCCCC.CCCCCC.CCCCCC. The Bertz CT molecular complexity index is 563. The Balaban J connectivity index is -0.000000188. The summed E-state index contributed by atoms with van der Waals surface area (Å²) in [6, 6.07) is 0. The fourth-order valence-corrected chi connectivity index (χ4v) is 5.53. The van der Waals surface area contributed by atoms with Gasteiger partial charge in [0, 0.05) is 25.7 Å². The third kappa shape index (κ3) is 47.1. The van der Waals surface area contributed by atoms with Crippen LogP contribution in [0.2, 0.25) is 0 Å². The fourth-order valence-electron chi connectivity index (χ4n) is 5.53. The first kappa shape index (κ1) is 54.1. The summed E-state index contributed by atoms with van der Waals surface area (Å²) in [7, 11) is 0. The zero-order chi connectivity index (χ0) is 36.7. The van der Waals surface area contributed by atoms with E-state index in [2.05, 4.69) is 62.3 Å². The maximum Gasteiger partial charge on any atom is 0.130 e. The van der Waals surface area contributed by atoms with Gasteiger partial charge in [-0.25, -0.2) is 0 Å². The summed E-state index contributed by atoms with van der Waals surface area (Å²) >= 11 is 0. The van der Waals surface area contributed by atoms with Gasteiger partial charge in [0.15, 0.2) is 0 Å². The maximum absolute atomic E-state index is 11.8. The van der Waals surface area contributed by atoms with Gasteiger partial charge in [-0.15, -0.1) is 0 Å². The molecule has 0 amide bonds. The van der Waals surface area contributed by atoms with E-state index in [4.69, 9.17) is 0 Å². The summed E-state index contributed by atoms with van der Waals surface area (Å²) in [6.07, 6.45) is 25.7. The molecule has 278 valence electrons. The molecule has 0 aromatic heterocycles. The highest BCUT2D eigenvalue weighted by Crippen LogP contribution is 2.44. The van der Waals surface area contributed by atoms with Gasteiger partial charge >= 0.3 is 0 Å². The molecule has 0 saturated carbocycles. The molecule has 0 rings (SSSR count). The van der Waals surface area contributed by atoms with Gasteiger partial charge in [-0.1, -0.05) is 178 Å². The highest BCUT2D eigenvalue weighted by Gasteiger charge is 2.41. The van der Waals surface area contributed by atoms with E-state index in [1.54, 1.807) is 0 Å². The monoisotopic (exact) mass is 655 g/mol. The van der Waals surface area contributed by atoms with Crippen LogP contribution in [0.1, 0.15) is 238 Å². The first-order valence-electron chi connectivity index (χ1n) is 19.8. The van der Waals surface area contributed by atoms with Gasteiger partial charge in [-0.3, -0.25) is 0 Å². The predicted octanol–water partition coefficient (Wildman–Crippen LogP) is 14.0. The lowest BCUT2D eigenvalue weighted by Gasteiger charge is -2.39. The molecule has 4 heteroatoms. The molecule has 1 unspecified atom stereocenters. The van der Waals surface area contributed by atoms with E-state index in [1.165, 1.54) is 130 Å². The average molecular weight is 655 g/mol. The molecule has 0 aliphatic rings. The zero-order valence-electron chi connectivity index (χ0n) is 34.0. The normalized spacial score (nSPS) is 10.8. The minimum atomic E-state index is -0.704. The quantitative estimate of drug-likeness (QED) is 0.0971. The molecule has 0 spiro atoms. The number of rotatable bonds is 24. The molecule has 0 aromatic carbocycles. The van der Waals surface area contributed by atoms with Gasteiger partial charge in [0.25, 0.3) is 0 Å². The molecule has 1 atom stereocenters. The van der Waals surface area contributed by atoms with Crippen molar-refractivity contribution in [3.63, 3.8) is 0 Å². The first-order chi connectivity index (χ1) is 21.8. The number of hydrogen-bond acceptors (Lipinski definition) is 4. The number of ketones is 4. The Morgan fingerprint density at radius 1 is 0.370 bits per heavy atom. The van der Waals surface area contributed by atoms with Gasteiger partial charge < -0.3 is 19.2 Å². The minimum absolute atomic E-state index is 0.0347. The number of hydrogen-bond donors (Lipinski definition) is 0. The van der Waals surface area contributed by atoms with E-state index in [1.807, 2.05) is 0 Å². The van der Waals surface area contributed by atoms with Crippen molar-refractivity contribution in [2.45, 2.75) is 238 Å². The van der Waals surface area contributed by atoms with Crippen molar-refractivity contribution in [3.05, 3.63) is 0 Å². The second-order valence-corrected chi connectivity index (χ2v) is 13.6. The van der Waals surface area contributed by atoms with E-state index < -0.39 is 5.41 Å². The van der Waals surface area contributed by atoms with Crippen LogP contribution >= 0.6 is 0 Å². The molecule has 0 fully saturated rings. The highest BCUT2D eigenvalue weighted by molar-refractivity contribution is 5.84. The molecule has 0 aromatic rings. The summed E-state index contributed by atoms with van der Waals surface area (Å²) in [5.74, 6) is -0.157. The van der Waals surface area contributed by atoms with Crippen molar-refractivity contribution >= 4 is 23.1 Å². The number of carbonyl (C=O) groups excluding carboxylic acids is 4. The molecule has 0 aliphatic heterocycles. The molecule has 0 radical (unpaired) electrons. The Hall–Kier alpha value is -1.32. The smallest absolute Gasteiger partial charge is 0.130 e. The molecule has 0 heterocycles. The van der Waals surface area contributed by atoms with E-state index in [0.717, 1.165) is 19.3 Å². The van der Waals surface area contributed by atoms with Crippen molar-refractivity contribution in [1.29, 1.82) is 0 Å². The lowest BCUT2D eigenvalue weighted by Crippen LogP contribution is -2.37. The van der Waals surface area contributed by atoms with Crippen LogP contribution in [0.3, 0.4) is 0 Å². The van der Waals surface area contributed by atoms with Crippen molar-refractivity contribution in [2.24, 2.45) is 11.3 Å². The summed E-state index contributed by atoms with van der Waals surface area (Å²) < 4.78 is 0. The van der Waals surface area contributed by atoms with Crippen LogP contribution < -0.4 is 0 Å². The van der Waals surface area contributed by atoms with E-state index in [0.29, 0.717) is 6.42 Å². The van der Waals surface area contributed by atoms with Gasteiger partial charge in [0.05, 0.1) is 0 Å². The summed E-state index contributed by atoms with van der Waals surface area (Å²) in [5, 5.41) is 0. The van der Waals surface area contributed by atoms with E-state index in [-0.39, 0.29) is 48.3 Å². The van der Waals surface area contributed by atoms with Gasteiger partial charge in [-0.05, 0) is 45.4 Å². The molecule has 0 N–H and O–H groups in total. The average Bonchev–Trinajstić information content (AvgIpc) is 2.98.